The summed E-state index contributed by atoms with van der Waals surface area (Å²) < 4.78 is 16.5. The first-order valence-corrected chi connectivity index (χ1v) is 7.90. The molecule has 2 rings (SSSR count). The lowest BCUT2D eigenvalue weighted by Crippen LogP contribution is -2.45. The number of nitrogens with zero attached hydrogens (tertiary/aromatic N) is 1. The van der Waals surface area contributed by atoms with Gasteiger partial charge in [-0.05, 0) is 12.1 Å². The summed E-state index contributed by atoms with van der Waals surface area (Å²) in [6, 6.07) is 6.82. The van der Waals surface area contributed by atoms with E-state index in [1.807, 2.05) is 0 Å². The summed E-state index contributed by atoms with van der Waals surface area (Å²) in [5.74, 6) is -0.101. The summed E-state index contributed by atoms with van der Waals surface area (Å²) in [6.07, 6.45) is -1.18. The highest BCUT2D eigenvalue weighted by Gasteiger charge is 2.33. The van der Waals surface area contributed by atoms with Gasteiger partial charge in [0.05, 0.1) is 18.4 Å². The number of carbonyl (C=O) groups is 1. The van der Waals surface area contributed by atoms with Gasteiger partial charge in [0, 0.05) is 0 Å². The number of rotatable bonds is 3. The van der Waals surface area contributed by atoms with Crippen molar-refractivity contribution >= 4 is 30.8 Å². The minimum Gasteiger partial charge on any atom is -0.486 e. The van der Waals surface area contributed by atoms with Crippen LogP contribution in [-0.2, 0) is 9.36 Å². The maximum Gasteiger partial charge on any atom is 0.329 e. The molecule has 1 aliphatic heterocycles. The second-order valence-electron chi connectivity index (χ2n) is 4.19. The number of hydrogen-bond donors (Lipinski definition) is 2. The fourth-order valence-electron chi connectivity index (χ4n) is 1.97. The van der Waals surface area contributed by atoms with Crippen LogP contribution >= 0.6 is 19.2 Å². The van der Waals surface area contributed by atoms with Gasteiger partial charge in [-0.3, -0.25) is 9.36 Å². The van der Waals surface area contributed by atoms with Gasteiger partial charge in [0.2, 0.25) is 5.91 Å². The molecule has 0 radical (unpaired) electrons. The molecule has 6 nitrogen and oxygen atoms in total. The van der Waals surface area contributed by atoms with Crippen molar-refractivity contribution in [1.29, 1.82) is 0 Å². The topological polar surface area (TPSA) is 87.1 Å². The standard InChI is InChI=1S/C11H13ClNO5P/c12-5-11(14)13-6-8(7-19(15,16)17)18-10-4-2-1-3-9(10)13/h1-4,8H,5-7H2,(H2,15,16,17). The van der Waals surface area contributed by atoms with Crippen LogP contribution in [0.2, 0.25) is 0 Å². The van der Waals surface area contributed by atoms with Crippen LogP contribution in [0, 0.1) is 0 Å². The molecule has 1 aromatic carbocycles. The number of benzene rings is 1. The first kappa shape index (κ1) is 14.3. The van der Waals surface area contributed by atoms with Crippen molar-refractivity contribution in [2.24, 2.45) is 0 Å². The maximum absolute atomic E-state index is 11.8. The highest BCUT2D eigenvalue weighted by atomic mass is 35.5. The van der Waals surface area contributed by atoms with E-state index in [4.69, 9.17) is 26.1 Å². The third-order valence-corrected chi connectivity index (χ3v) is 3.80. The summed E-state index contributed by atoms with van der Waals surface area (Å²) in [5.41, 5.74) is 0.565. The molecule has 0 spiro atoms. The zero-order valence-corrected chi connectivity index (χ0v) is 11.5. The van der Waals surface area contributed by atoms with Crippen LogP contribution in [0.5, 0.6) is 5.75 Å². The predicted octanol–water partition coefficient (Wildman–Crippen LogP) is 1.20. The van der Waals surface area contributed by atoms with E-state index in [2.05, 4.69) is 0 Å². The number of halogens is 1. The minimum atomic E-state index is -4.21. The third kappa shape index (κ3) is 3.48. The number of para-hydroxylation sites is 2. The lowest BCUT2D eigenvalue weighted by atomic mass is 10.2. The second kappa shape index (κ2) is 5.51. The van der Waals surface area contributed by atoms with Gasteiger partial charge < -0.3 is 19.4 Å². The molecular formula is C11H13ClNO5P. The molecule has 0 aromatic heterocycles. The van der Waals surface area contributed by atoms with Gasteiger partial charge >= 0.3 is 7.60 Å². The Kier molecular flexibility index (Phi) is 4.16. The number of amides is 1. The summed E-state index contributed by atoms with van der Waals surface area (Å²) in [7, 11) is -4.21. The van der Waals surface area contributed by atoms with E-state index in [9.17, 15) is 9.36 Å². The Hall–Kier alpha value is -1.07. The van der Waals surface area contributed by atoms with Gasteiger partial charge in [0.25, 0.3) is 0 Å². The van der Waals surface area contributed by atoms with E-state index in [0.29, 0.717) is 11.4 Å². The third-order valence-electron chi connectivity index (χ3n) is 2.69. The number of anilines is 1. The van der Waals surface area contributed by atoms with E-state index < -0.39 is 19.9 Å². The average Bonchev–Trinajstić information content (AvgIpc) is 2.35. The Labute approximate surface area is 115 Å². The van der Waals surface area contributed by atoms with Gasteiger partial charge in [-0.2, -0.15) is 0 Å². The number of fused-ring (bicyclic) bond motifs is 1. The van der Waals surface area contributed by atoms with E-state index >= 15 is 0 Å². The number of ether oxygens (including phenoxy) is 1. The lowest BCUT2D eigenvalue weighted by Gasteiger charge is -2.34. The van der Waals surface area contributed by atoms with Crippen LogP contribution in [0.3, 0.4) is 0 Å². The van der Waals surface area contributed by atoms with Crippen molar-refractivity contribution in [3.8, 4) is 5.75 Å². The molecule has 19 heavy (non-hydrogen) atoms. The van der Waals surface area contributed by atoms with Crippen molar-refractivity contribution < 1.29 is 23.9 Å². The molecule has 0 bridgehead atoms. The molecular weight excluding hydrogens is 293 g/mol. The van der Waals surface area contributed by atoms with E-state index in [-0.39, 0.29) is 18.3 Å². The SMILES string of the molecule is O=C(CCl)N1CC(CP(=O)(O)O)Oc2ccccc21. The Morgan fingerprint density at radius 2 is 2.16 bits per heavy atom. The molecule has 1 unspecified atom stereocenters. The first-order chi connectivity index (χ1) is 8.90. The van der Waals surface area contributed by atoms with Gasteiger partial charge in [-0.15, -0.1) is 11.6 Å². The molecule has 0 saturated carbocycles. The molecule has 1 aliphatic rings. The summed E-state index contributed by atoms with van der Waals surface area (Å²) in [6.45, 7) is 0.0771. The van der Waals surface area contributed by atoms with Crippen molar-refractivity contribution in [1.82, 2.24) is 0 Å². The van der Waals surface area contributed by atoms with Crippen molar-refractivity contribution in [3.63, 3.8) is 0 Å². The van der Waals surface area contributed by atoms with Crippen molar-refractivity contribution in [2.45, 2.75) is 6.10 Å². The molecule has 1 amide bonds. The summed E-state index contributed by atoms with van der Waals surface area (Å²) in [5, 5.41) is 0. The Balaban J connectivity index is 2.29. The highest BCUT2D eigenvalue weighted by Crippen LogP contribution is 2.40. The number of alkyl halides is 1. The van der Waals surface area contributed by atoms with E-state index in [1.165, 1.54) is 4.90 Å². The zero-order valence-electron chi connectivity index (χ0n) is 9.90. The normalized spacial score (nSPS) is 18.7. The molecule has 0 saturated heterocycles. The summed E-state index contributed by atoms with van der Waals surface area (Å²) in [4.78, 5) is 31.2. The molecule has 1 aromatic rings. The van der Waals surface area contributed by atoms with Crippen LogP contribution in [-0.4, -0.2) is 40.4 Å². The molecule has 8 heteroatoms. The second-order valence-corrected chi connectivity index (χ2v) is 6.15. The number of carbonyl (C=O) groups excluding carboxylic acids is 1. The quantitative estimate of drug-likeness (QED) is 0.647. The van der Waals surface area contributed by atoms with Gasteiger partial charge in [-0.1, -0.05) is 12.1 Å². The van der Waals surface area contributed by atoms with Crippen LogP contribution in [0.15, 0.2) is 24.3 Å². The van der Waals surface area contributed by atoms with Gasteiger partial charge in [-0.25, -0.2) is 0 Å². The Morgan fingerprint density at radius 3 is 2.79 bits per heavy atom. The maximum atomic E-state index is 11.8. The molecule has 1 atom stereocenters. The average molecular weight is 306 g/mol. The molecule has 2 N–H and O–H groups in total. The lowest BCUT2D eigenvalue weighted by molar-refractivity contribution is -0.116. The van der Waals surface area contributed by atoms with Crippen LogP contribution < -0.4 is 9.64 Å². The fraction of sp³-hybridized carbons (Fsp3) is 0.364. The smallest absolute Gasteiger partial charge is 0.329 e. The number of hydrogen-bond acceptors (Lipinski definition) is 3. The summed E-state index contributed by atoms with van der Waals surface area (Å²) >= 11 is 5.55. The van der Waals surface area contributed by atoms with Crippen LogP contribution in [0.1, 0.15) is 0 Å². The van der Waals surface area contributed by atoms with Gasteiger partial charge in [0.15, 0.2) is 0 Å². The van der Waals surface area contributed by atoms with Gasteiger partial charge in [0.1, 0.15) is 17.7 Å². The largest absolute Gasteiger partial charge is 0.486 e. The highest BCUT2D eigenvalue weighted by molar-refractivity contribution is 7.51. The Morgan fingerprint density at radius 1 is 1.47 bits per heavy atom. The van der Waals surface area contributed by atoms with Crippen molar-refractivity contribution in [2.75, 3.05) is 23.5 Å². The molecule has 0 aliphatic carbocycles. The van der Waals surface area contributed by atoms with E-state index in [1.54, 1.807) is 24.3 Å². The van der Waals surface area contributed by atoms with Crippen molar-refractivity contribution in [3.05, 3.63) is 24.3 Å². The fourth-order valence-corrected chi connectivity index (χ4v) is 2.83. The molecule has 104 valence electrons. The first-order valence-electron chi connectivity index (χ1n) is 5.57. The Bertz CT molecular complexity index is 532. The van der Waals surface area contributed by atoms with Crippen LogP contribution in [0.25, 0.3) is 0 Å². The zero-order chi connectivity index (χ0) is 14.0. The van der Waals surface area contributed by atoms with Crippen LogP contribution in [0.4, 0.5) is 5.69 Å². The molecule has 1 heterocycles. The monoisotopic (exact) mass is 305 g/mol. The minimum absolute atomic E-state index is 0.0771. The van der Waals surface area contributed by atoms with E-state index in [0.717, 1.165) is 0 Å². The predicted molar refractivity (Wildman–Crippen MR) is 70.8 cm³/mol. The molecule has 0 fully saturated rings.